The van der Waals surface area contributed by atoms with Gasteiger partial charge in [0.05, 0.1) is 5.69 Å². The lowest BCUT2D eigenvalue weighted by molar-refractivity contribution is -0.138. The van der Waals surface area contributed by atoms with Gasteiger partial charge in [-0.3, -0.25) is 9.69 Å². The van der Waals surface area contributed by atoms with Gasteiger partial charge in [-0.2, -0.15) is 5.10 Å². The minimum Gasteiger partial charge on any atom is -0.454 e. The Hall–Kier alpha value is -2.87. The van der Waals surface area contributed by atoms with Crippen LogP contribution in [0.4, 0.5) is 5.82 Å². The van der Waals surface area contributed by atoms with Gasteiger partial charge >= 0.3 is 0 Å². The lowest BCUT2D eigenvalue weighted by Crippen LogP contribution is -2.51. The number of rotatable bonds is 4. The normalized spacial score (nSPS) is 19.6. The second-order valence-electron chi connectivity index (χ2n) is 8.58. The Balaban J connectivity index is 1.09. The van der Waals surface area contributed by atoms with E-state index in [2.05, 4.69) is 37.0 Å². The van der Waals surface area contributed by atoms with Crippen molar-refractivity contribution in [1.29, 1.82) is 0 Å². The van der Waals surface area contributed by atoms with Crippen molar-refractivity contribution < 1.29 is 14.3 Å². The number of fused-ring (bicyclic) bond motifs is 1. The summed E-state index contributed by atoms with van der Waals surface area (Å²) < 4.78 is 10.9. The number of anilines is 1. The Labute approximate surface area is 182 Å². The summed E-state index contributed by atoms with van der Waals surface area (Å²) in [6.07, 6.45) is 1.76. The van der Waals surface area contributed by atoms with Gasteiger partial charge in [0.25, 0.3) is 0 Å². The summed E-state index contributed by atoms with van der Waals surface area (Å²) in [7, 11) is 0. The van der Waals surface area contributed by atoms with Crippen molar-refractivity contribution >= 4 is 11.7 Å². The van der Waals surface area contributed by atoms with E-state index < -0.39 is 0 Å². The molecule has 164 valence electrons. The van der Waals surface area contributed by atoms with E-state index >= 15 is 0 Å². The van der Waals surface area contributed by atoms with Crippen molar-refractivity contribution in [3.05, 3.63) is 41.6 Å². The Morgan fingerprint density at radius 1 is 0.968 bits per heavy atom. The van der Waals surface area contributed by atoms with Gasteiger partial charge in [0.2, 0.25) is 12.7 Å². The quantitative estimate of drug-likeness (QED) is 0.746. The van der Waals surface area contributed by atoms with Crippen LogP contribution in [-0.2, 0) is 11.3 Å². The molecule has 1 amide bonds. The largest absolute Gasteiger partial charge is 0.454 e. The molecule has 2 saturated heterocycles. The monoisotopic (exact) mass is 423 g/mol. The molecule has 0 bridgehead atoms. The summed E-state index contributed by atoms with van der Waals surface area (Å²) in [5, 5.41) is 8.43. The van der Waals surface area contributed by atoms with Gasteiger partial charge in [0.1, 0.15) is 0 Å². The molecular formula is C23H29N5O3. The SMILES string of the molecule is Cc1ccc(N2CCC(C(=O)N3CCN(Cc4ccc5c(c4)OCO5)CC3)CC2)nn1. The third-order valence-electron chi connectivity index (χ3n) is 6.48. The molecule has 8 nitrogen and oxygen atoms in total. The van der Waals surface area contributed by atoms with Crippen LogP contribution in [0.15, 0.2) is 30.3 Å². The minimum absolute atomic E-state index is 0.120. The van der Waals surface area contributed by atoms with Gasteiger partial charge in [0, 0.05) is 51.7 Å². The first kappa shape index (κ1) is 20.1. The number of piperidine rings is 1. The number of piperazine rings is 1. The summed E-state index contributed by atoms with van der Waals surface area (Å²) in [4.78, 5) is 19.8. The summed E-state index contributed by atoms with van der Waals surface area (Å²) in [5.41, 5.74) is 2.14. The minimum atomic E-state index is 0.120. The molecule has 0 N–H and O–H groups in total. The molecule has 0 aliphatic carbocycles. The van der Waals surface area contributed by atoms with Crippen LogP contribution in [0.2, 0.25) is 0 Å². The summed E-state index contributed by atoms with van der Waals surface area (Å²) >= 11 is 0. The molecule has 0 atom stereocenters. The Morgan fingerprint density at radius 2 is 1.74 bits per heavy atom. The zero-order valence-electron chi connectivity index (χ0n) is 18.0. The number of benzene rings is 1. The second-order valence-corrected chi connectivity index (χ2v) is 8.58. The summed E-state index contributed by atoms with van der Waals surface area (Å²) in [6.45, 7) is 8.23. The van der Waals surface area contributed by atoms with E-state index in [0.29, 0.717) is 12.7 Å². The lowest BCUT2D eigenvalue weighted by Gasteiger charge is -2.38. The van der Waals surface area contributed by atoms with Crippen molar-refractivity contribution in [1.82, 2.24) is 20.0 Å². The molecule has 2 aromatic rings. The van der Waals surface area contributed by atoms with Crippen LogP contribution in [0.1, 0.15) is 24.1 Å². The highest BCUT2D eigenvalue weighted by Gasteiger charge is 2.31. The zero-order valence-corrected chi connectivity index (χ0v) is 18.0. The number of hydrogen-bond donors (Lipinski definition) is 0. The van der Waals surface area contributed by atoms with Crippen LogP contribution < -0.4 is 14.4 Å². The van der Waals surface area contributed by atoms with Crippen molar-refractivity contribution in [2.45, 2.75) is 26.3 Å². The van der Waals surface area contributed by atoms with Crippen molar-refractivity contribution in [3.8, 4) is 11.5 Å². The van der Waals surface area contributed by atoms with Gasteiger partial charge < -0.3 is 19.3 Å². The van der Waals surface area contributed by atoms with E-state index in [0.717, 1.165) is 81.7 Å². The van der Waals surface area contributed by atoms with Gasteiger partial charge in [0.15, 0.2) is 17.3 Å². The van der Waals surface area contributed by atoms with Crippen LogP contribution in [0.3, 0.4) is 0 Å². The van der Waals surface area contributed by atoms with E-state index in [1.54, 1.807) is 0 Å². The number of ether oxygens (including phenoxy) is 2. The molecular weight excluding hydrogens is 394 g/mol. The van der Waals surface area contributed by atoms with E-state index in [1.807, 2.05) is 25.1 Å². The molecule has 0 unspecified atom stereocenters. The molecule has 0 radical (unpaired) electrons. The van der Waals surface area contributed by atoms with E-state index in [9.17, 15) is 4.79 Å². The third-order valence-corrected chi connectivity index (χ3v) is 6.48. The fourth-order valence-corrected chi connectivity index (χ4v) is 4.60. The number of hydrogen-bond acceptors (Lipinski definition) is 7. The molecule has 8 heteroatoms. The predicted molar refractivity (Wildman–Crippen MR) is 116 cm³/mol. The number of aromatic nitrogens is 2. The number of carbonyl (C=O) groups excluding carboxylic acids is 1. The highest BCUT2D eigenvalue weighted by atomic mass is 16.7. The molecule has 3 aliphatic heterocycles. The summed E-state index contributed by atoms with van der Waals surface area (Å²) in [5.74, 6) is 3.00. The van der Waals surface area contributed by atoms with Gasteiger partial charge in [-0.05, 0) is 49.6 Å². The molecule has 4 heterocycles. The molecule has 0 saturated carbocycles. The average Bonchev–Trinajstić information content (AvgIpc) is 3.28. The Kier molecular flexibility index (Phi) is 5.63. The highest BCUT2D eigenvalue weighted by molar-refractivity contribution is 5.79. The maximum Gasteiger partial charge on any atom is 0.231 e. The predicted octanol–water partition coefficient (Wildman–Crippen LogP) is 2.07. The molecule has 1 aromatic heterocycles. The number of amides is 1. The van der Waals surface area contributed by atoms with Crippen LogP contribution >= 0.6 is 0 Å². The molecule has 1 aromatic carbocycles. The fourth-order valence-electron chi connectivity index (χ4n) is 4.60. The standard InChI is InChI=1S/C23H29N5O3/c1-17-2-5-22(25-24-17)27-8-6-19(7-9-27)23(29)28-12-10-26(11-13-28)15-18-3-4-20-21(14-18)31-16-30-20/h2-5,14,19H,6-13,15-16H2,1H3. The first-order chi connectivity index (χ1) is 15.2. The highest BCUT2D eigenvalue weighted by Crippen LogP contribution is 2.33. The molecule has 3 aliphatic rings. The number of aryl methyl sites for hydroxylation is 1. The average molecular weight is 424 g/mol. The third kappa shape index (κ3) is 4.44. The van der Waals surface area contributed by atoms with E-state index in [-0.39, 0.29) is 5.92 Å². The van der Waals surface area contributed by atoms with Crippen LogP contribution in [0.25, 0.3) is 0 Å². The van der Waals surface area contributed by atoms with Crippen molar-refractivity contribution in [2.75, 3.05) is 51.0 Å². The van der Waals surface area contributed by atoms with Crippen LogP contribution in [-0.4, -0.2) is 72.0 Å². The van der Waals surface area contributed by atoms with Gasteiger partial charge in [-0.1, -0.05) is 6.07 Å². The number of carbonyl (C=O) groups is 1. The summed E-state index contributed by atoms with van der Waals surface area (Å²) in [6, 6.07) is 10.1. The Morgan fingerprint density at radius 3 is 2.48 bits per heavy atom. The second kappa shape index (κ2) is 8.70. The molecule has 2 fully saturated rings. The van der Waals surface area contributed by atoms with E-state index in [4.69, 9.17) is 9.47 Å². The Bertz CT molecular complexity index is 919. The topological polar surface area (TPSA) is 71.0 Å². The molecule has 0 spiro atoms. The fraction of sp³-hybridized carbons (Fsp3) is 0.522. The molecule has 31 heavy (non-hydrogen) atoms. The van der Waals surface area contributed by atoms with Crippen LogP contribution in [0, 0.1) is 12.8 Å². The zero-order chi connectivity index (χ0) is 21.2. The van der Waals surface area contributed by atoms with Gasteiger partial charge in [-0.15, -0.1) is 5.10 Å². The first-order valence-corrected chi connectivity index (χ1v) is 11.1. The van der Waals surface area contributed by atoms with E-state index in [1.165, 1.54) is 5.56 Å². The maximum atomic E-state index is 13.1. The maximum absolute atomic E-state index is 13.1. The van der Waals surface area contributed by atoms with Gasteiger partial charge in [-0.25, -0.2) is 0 Å². The number of nitrogens with zero attached hydrogens (tertiary/aromatic N) is 5. The smallest absolute Gasteiger partial charge is 0.231 e. The lowest BCUT2D eigenvalue weighted by atomic mass is 9.95. The van der Waals surface area contributed by atoms with Crippen LogP contribution in [0.5, 0.6) is 11.5 Å². The first-order valence-electron chi connectivity index (χ1n) is 11.1. The van der Waals surface area contributed by atoms with Crippen molar-refractivity contribution in [3.63, 3.8) is 0 Å². The molecule has 5 rings (SSSR count). The van der Waals surface area contributed by atoms with Crippen molar-refractivity contribution in [2.24, 2.45) is 5.92 Å².